The zero-order chi connectivity index (χ0) is 15.5. The third-order valence-electron chi connectivity index (χ3n) is 3.82. The molecule has 118 valence electrons. The van der Waals surface area contributed by atoms with E-state index in [2.05, 4.69) is 16.3 Å². The summed E-state index contributed by atoms with van der Waals surface area (Å²) in [6.07, 6.45) is 1.04. The van der Waals surface area contributed by atoms with Crippen LogP contribution in [0.15, 0.2) is 29.6 Å². The molecule has 0 bridgehead atoms. The molecule has 0 spiro atoms. The molecule has 1 aliphatic rings. The average Bonchev–Trinajstić information content (AvgIpc) is 2.90. The molecule has 2 heterocycles. The molecule has 0 saturated heterocycles. The standard InChI is InChI=1S/C16H18Cl2N2OS/c17-13-2-1-11(9-14(13)18)21-15-10-20(7-5-19)6-3-16-12(15)4-8-22-16/h1-2,4,8-9,15H,3,5-7,10,19H2. The molecular weight excluding hydrogens is 339 g/mol. The van der Waals surface area contributed by atoms with Gasteiger partial charge in [-0.1, -0.05) is 23.2 Å². The van der Waals surface area contributed by atoms with Gasteiger partial charge in [-0.05, 0) is 30.0 Å². The van der Waals surface area contributed by atoms with Crippen LogP contribution in [0.25, 0.3) is 0 Å². The van der Waals surface area contributed by atoms with E-state index < -0.39 is 0 Å². The van der Waals surface area contributed by atoms with Gasteiger partial charge in [0, 0.05) is 42.7 Å². The highest BCUT2D eigenvalue weighted by molar-refractivity contribution is 7.10. The van der Waals surface area contributed by atoms with Crippen molar-refractivity contribution in [3.05, 3.63) is 50.1 Å². The Morgan fingerprint density at radius 3 is 2.91 bits per heavy atom. The van der Waals surface area contributed by atoms with Crippen molar-refractivity contribution < 1.29 is 4.74 Å². The van der Waals surface area contributed by atoms with E-state index in [1.807, 2.05) is 6.07 Å². The van der Waals surface area contributed by atoms with Gasteiger partial charge in [0.1, 0.15) is 11.9 Å². The largest absolute Gasteiger partial charge is 0.484 e. The van der Waals surface area contributed by atoms with E-state index in [-0.39, 0.29) is 6.10 Å². The number of hydrogen-bond donors (Lipinski definition) is 1. The maximum absolute atomic E-state index is 6.21. The van der Waals surface area contributed by atoms with Crippen LogP contribution in [0.2, 0.25) is 10.0 Å². The third-order valence-corrected chi connectivity index (χ3v) is 5.56. The maximum Gasteiger partial charge on any atom is 0.137 e. The van der Waals surface area contributed by atoms with Crippen molar-refractivity contribution in [2.24, 2.45) is 5.73 Å². The Hall–Kier alpha value is -0.780. The van der Waals surface area contributed by atoms with Crippen molar-refractivity contribution in [3.8, 4) is 5.75 Å². The van der Waals surface area contributed by atoms with Gasteiger partial charge in [-0.2, -0.15) is 0 Å². The predicted molar refractivity (Wildman–Crippen MR) is 93.3 cm³/mol. The van der Waals surface area contributed by atoms with Crippen molar-refractivity contribution in [3.63, 3.8) is 0 Å². The number of halogens is 2. The van der Waals surface area contributed by atoms with Gasteiger partial charge < -0.3 is 10.5 Å². The molecule has 2 N–H and O–H groups in total. The molecule has 1 aromatic heterocycles. The Kier molecular flexibility index (Phi) is 5.26. The van der Waals surface area contributed by atoms with Gasteiger partial charge in [0.2, 0.25) is 0 Å². The van der Waals surface area contributed by atoms with Crippen LogP contribution in [0.3, 0.4) is 0 Å². The van der Waals surface area contributed by atoms with Gasteiger partial charge in [-0.15, -0.1) is 11.3 Å². The van der Waals surface area contributed by atoms with E-state index in [1.54, 1.807) is 23.5 Å². The van der Waals surface area contributed by atoms with Crippen LogP contribution < -0.4 is 10.5 Å². The normalized spacial score (nSPS) is 18.8. The van der Waals surface area contributed by atoms with Gasteiger partial charge in [-0.3, -0.25) is 4.90 Å². The maximum atomic E-state index is 6.21. The van der Waals surface area contributed by atoms with Gasteiger partial charge in [0.25, 0.3) is 0 Å². The lowest BCUT2D eigenvalue weighted by Gasteiger charge is -2.25. The lowest BCUT2D eigenvalue weighted by atomic mass is 10.1. The number of rotatable bonds is 4. The van der Waals surface area contributed by atoms with E-state index >= 15 is 0 Å². The van der Waals surface area contributed by atoms with Gasteiger partial charge in [0.15, 0.2) is 0 Å². The van der Waals surface area contributed by atoms with E-state index in [0.29, 0.717) is 16.6 Å². The summed E-state index contributed by atoms with van der Waals surface area (Å²) >= 11 is 13.8. The van der Waals surface area contributed by atoms with E-state index in [4.69, 9.17) is 33.7 Å². The molecule has 1 atom stereocenters. The SMILES string of the molecule is NCCN1CCc2sccc2C(Oc2ccc(Cl)c(Cl)c2)C1. The van der Waals surface area contributed by atoms with Crippen molar-refractivity contribution in [1.82, 2.24) is 4.90 Å². The van der Waals surface area contributed by atoms with Crippen LogP contribution in [0.4, 0.5) is 0 Å². The summed E-state index contributed by atoms with van der Waals surface area (Å²) < 4.78 is 6.21. The number of thiophene rings is 1. The molecule has 0 saturated carbocycles. The highest BCUT2D eigenvalue weighted by Crippen LogP contribution is 2.33. The molecule has 0 radical (unpaired) electrons. The van der Waals surface area contributed by atoms with Crippen LogP contribution >= 0.6 is 34.5 Å². The van der Waals surface area contributed by atoms with E-state index in [9.17, 15) is 0 Å². The first kappa shape index (κ1) is 16.1. The summed E-state index contributed by atoms with van der Waals surface area (Å²) in [5.74, 6) is 0.742. The summed E-state index contributed by atoms with van der Waals surface area (Å²) in [6.45, 7) is 3.40. The molecule has 0 fully saturated rings. The van der Waals surface area contributed by atoms with Gasteiger partial charge in [0.05, 0.1) is 10.0 Å². The summed E-state index contributed by atoms with van der Waals surface area (Å²) in [5, 5.41) is 3.18. The summed E-state index contributed by atoms with van der Waals surface area (Å²) in [5.41, 5.74) is 6.99. The van der Waals surface area contributed by atoms with Crippen molar-refractivity contribution in [1.29, 1.82) is 0 Å². The molecule has 1 aliphatic heterocycles. The second kappa shape index (κ2) is 7.20. The predicted octanol–water partition coefficient (Wildman–Crippen LogP) is 3.99. The van der Waals surface area contributed by atoms with E-state index in [1.165, 1.54) is 10.4 Å². The number of hydrogen-bond acceptors (Lipinski definition) is 4. The second-order valence-corrected chi connectivity index (χ2v) is 7.14. The summed E-state index contributed by atoms with van der Waals surface area (Å²) in [7, 11) is 0. The smallest absolute Gasteiger partial charge is 0.137 e. The first-order valence-corrected chi connectivity index (χ1v) is 8.91. The number of ether oxygens (including phenoxy) is 1. The highest BCUT2D eigenvalue weighted by Gasteiger charge is 2.25. The van der Waals surface area contributed by atoms with Crippen LogP contribution in [0.5, 0.6) is 5.75 Å². The summed E-state index contributed by atoms with van der Waals surface area (Å²) in [4.78, 5) is 3.75. The molecule has 0 aliphatic carbocycles. The molecule has 2 aromatic rings. The fourth-order valence-electron chi connectivity index (χ4n) is 2.73. The Morgan fingerprint density at radius 2 is 2.14 bits per heavy atom. The quantitative estimate of drug-likeness (QED) is 0.899. The second-order valence-electron chi connectivity index (χ2n) is 5.32. The molecule has 22 heavy (non-hydrogen) atoms. The monoisotopic (exact) mass is 356 g/mol. The van der Waals surface area contributed by atoms with E-state index in [0.717, 1.165) is 31.8 Å². The lowest BCUT2D eigenvalue weighted by Crippen LogP contribution is -2.34. The minimum Gasteiger partial charge on any atom is -0.484 e. The van der Waals surface area contributed by atoms with Crippen LogP contribution in [-0.2, 0) is 6.42 Å². The minimum absolute atomic E-state index is 0.00691. The fourth-order valence-corrected chi connectivity index (χ4v) is 3.94. The Bertz CT molecular complexity index is 647. The molecular formula is C16H18Cl2N2OS. The van der Waals surface area contributed by atoms with Gasteiger partial charge in [-0.25, -0.2) is 0 Å². The Morgan fingerprint density at radius 1 is 1.27 bits per heavy atom. The topological polar surface area (TPSA) is 38.5 Å². The molecule has 3 rings (SSSR count). The van der Waals surface area contributed by atoms with Crippen molar-refractivity contribution >= 4 is 34.5 Å². The number of nitrogens with zero attached hydrogens (tertiary/aromatic N) is 1. The number of nitrogens with two attached hydrogens (primary N) is 1. The van der Waals surface area contributed by atoms with Crippen LogP contribution in [-0.4, -0.2) is 31.1 Å². The number of benzene rings is 1. The first-order valence-electron chi connectivity index (χ1n) is 7.28. The van der Waals surface area contributed by atoms with Crippen molar-refractivity contribution in [2.75, 3.05) is 26.2 Å². The molecule has 1 unspecified atom stereocenters. The zero-order valence-electron chi connectivity index (χ0n) is 12.1. The molecule has 1 aromatic carbocycles. The average molecular weight is 357 g/mol. The highest BCUT2D eigenvalue weighted by atomic mass is 35.5. The zero-order valence-corrected chi connectivity index (χ0v) is 14.4. The first-order chi connectivity index (χ1) is 10.7. The molecule has 3 nitrogen and oxygen atoms in total. The van der Waals surface area contributed by atoms with Gasteiger partial charge >= 0.3 is 0 Å². The third kappa shape index (κ3) is 3.58. The fraction of sp³-hybridized carbons (Fsp3) is 0.375. The molecule has 6 heteroatoms. The Balaban J connectivity index is 1.84. The number of fused-ring (bicyclic) bond motifs is 1. The van der Waals surface area contributed by atoms with Crippen LogP contribution in [0.1, 0.15) is 16.5 Å². The minimum atomic E-state index is -0.00691. The Labute approximate surface area is 144 Å². The lowest BCUT2D eigenvalue weighted by molar-refractivity contribution is 0.143. The molecule has 0 amide bonds. The summed E-state index contributed by atoms with van der Waals surface area (Å²) in [6, 6.07) is 7.56. The van der Waals surface area contributed by atoms with Crippen LogP contribution in [0, 0.1) is 0 Å². The van der Waals surface area contributed by atoms with Crippen molar-refractivity contribution in [2.45, 2.75) is 12.5 Å².